The molecule has 1 aromatic rings. The molecule has 0 saturated carbocycles. The third-order valence-corrected chi connectivity index (χ3v) is 4.74. The number of aromatic nitrogens is 1. The number of hydrogen-bond acceptors (Lipinski definition) is 7. The molecule has 7 heteroatoms. The second-order valence-corrected chi connectivity index (χ2v) is 6.50. The number of allylic oxidation sites excluding steroid dienone is 2. The lowest BCUT2D eigenvalue weighted by molar-refractivity contribution is 0.306. The van der Waals surface area contributed by atoms with Crippen LogP contribution in [-0.4, -0.2) is 54.4 Å². The fourth-order valence-electron chi connectivity index (χ4n) is 3.29. The summed E-state index contributed by atoms with van der Waals surface area (Å²) in [6, 6.07) is 5.54. The summed E-state index contributed by atoms with van der Waals surface area (Å²) in [5.74, 6) is 2.74. The summed E-state index contributed by atoms with van der Waals surface area (Å²) >= 11 is 0. The summed E-state index contributed by atoms with van der Waals surface area (Å²) in [4.78, 5) is 23.3. The Kier molecular flexibility index (Phi) is 3.86. The largest absolute Gasteiger partial charge is 0.497 e. The summed E-state index contributed by atoms with van der Waals surface area (Å²) in [6.07, 6.45) is 11.5. The Balaban J connectivity index is 1.45. The van der Waals surface area contributed by atoms with Gasteiger partial charge in [0.05, 0.1) is 25.6 Å². The smallest absolute Gasteiger partial charge is 0.174 e. The maximum atomic E-state index is 5.27. The van der Waals surface area contributed by atoms with E-state index in [1.807, 2.05) is 54.7 Å². The number of aliphatic imine (C=N–C) groups is 4. The molecule has 2 aliphatic carbocycles. The van der Waals surface area contributed by atoms with Crippen molar-refractivity contribution in [2.75, 3.05) is 14.2 Å². The van der Waals surface area contributed by atoms with E-state index < -0.39 is 0 Å². The molecule has 0 N–H and O–H groups in total. The normalized spacial score (nSPS) is 24.4. The third kappa shape index (κ3) is 2.81. The van der Waals surface area contributed by atoms with Crippen molar-refractivity contribution in [1.82, 2.24) is 4.98 Å². The van der Waals surface area contributed by atoms with Crippen LogP contribution in [0.5, 0.6) is 0 Å². The van der Waals surface area contributed by atoms with Crippen molar-refractivity contribution in [2.24, 2.45) is 20.0 Å². The number of nitrogens with zero attached hydrogens (tertiary/aromatic N) is 5. The summed E-state index contributed by atoms with van der Waals surface area (Å²) in [5, 5.41) is 0. The van der Waals surface area contributed by atoms with Crippen LogP contribution in [0.3, 0.4) is 0 Å². The molecule has 0 fully saturated rings. The molecule has 3 heterocycles. The molecular weight excluding hydrogens is 354 g/mol. The number of amidine groups is 2. The standard InChI is InChI=1S/C21H17N5O2/c1-27-12-6-8-14-18(10-12)25-20(23-14)16-4-3-5-17(22-16)21-24-15-9-7-13(28-2)11-19(15)26-21/h3-11,14-15H,1-2H3. The van der Waals surface area contributed by atoms with Gasteiger partial charge in [-0.25, -0.2) is 15.0 Å². The quantitative estimate of drug-likeness (QED) is 0.815. The van der Waals surface area contributed by atoms with Crippen molar-refractivity contribution in [3.8, 4) is 0 Å². The van der Waals surface area contributed by atoms with Crippen molar-refractivity contribution in [1.29, 1.82) is 0 Å². The topological polar surface area (TPSA) is 80.8 Å². The fourth-order valence-corrected chi connectivity index (χ4v) is 3.29. The summed E-state index contributed by atoms with van der Waals surface area (Å²) in [7, 11) is 3.28. The first-order valence-electron chi connectivity index (χ1n) is 8.92. The summed E-state index contributed by atoms with van der Waals surface area (Å²) in [5.41, 5.74) is 3.10. The van der Waals surface area contributed by atoms with E-state index in [0.717, 1.165) is 22.9 Å². The highest BCUT2D eigenvalue weighted by Crippen LogP contribution is 2.22. The first kappa shape index (κ1) is 16.6. The molecule has 7 nitrogen and oxygen atoms in total. The number of fused-ring (bicyclic) bond motifs is 2. The minimum Gasteiger partial charge on any atom is -0.497 e. The number of hydrogen-bond donors (Lipinski definition) is 0. The first-order chi connectivity index (χ1) is 13.7. The van der Waals surface area contributed by atoms with Gasteiger partial charge in [0.25, 0.3) is 0 Å². The SMILES string of the molecule is COC1=CC2=NC(c3cccc(C4=NC5C=CC(OC)=CC5=N4)n3)=NC2C=C1. The van der Waals surface area contributed by atoms with E-state index in [4.69, 9.17) is 14.5 Å². The number of pyridine rings is 1. The summed E-state index contributed by atoms with van der Waals surface area (Å²) in [6.45, 7) is 0. The molecule has 0 aromatic carbocycles. The molecule has 28 heavy (non-hydrogen) atoms. The van der Waals surface area contributed by atoms with Crippen molar-refractivity contribution < 1.29 is 9.47 Å². The molecule has 0 saturated heterocycles. The van der Waals surface area contributed by atoms with Gasteiger partial charge in [-0.1, -0.05) is 18.2 Å². The van der Waals surface area contributed by atoms with Crippen LogP contribution in [-0.2, 0) is 9.47 Å². The van der Waals surface area contributed by atoms with Gasteiger partial charge in [0.1, 0.15) is 35.0 Å². The molecule has 5 rings (SSSR count). The lowest BCUT2D eigenvalue weighted by Gasteiger charge is -2.09. The zero-order chi connectivity index (χ0) is 19.1. The van der Waals surface area contributed by atoms with Gasteiger partial charge in [0.15, 0.2) is 11.7 Å². The van der Waals surface area contributed by atoms with E-state index in [1.54, 1.807) is 14.2 Å². The predicted octanol–water partition coefficient (Wildman–Crippen LogP) is 2.42. The van der Waals surface area contributed by atoms with Crippen LogP contribution in [0, 0.1) is 0 Å². The van der Waals surface area contributed by atoms with Crippen LogP contribution in [0.25, 0.3) is 0 Å². The van der Waals surface area contributed by atoms with Crippen LogP contribution in [0.15, 0.2) is 86.1 Å². The molecule has 0 bridgehead atoms. The van der Waals surface area contributed by atoms with Crippen molar-refractivity contribution >= 4 is 23.1 Å². The lowest BCUT2D eigenvalue weighted by Crippen LogP contribution is -2.14. The van der Waals surface area contributed by atoms with Gasteiger partial charge in [-0.2, -0.15) is 0 Å². The van der Waals surface area contributed by atoms with Gasteiger partial charge in [0.2, 0.25) is 0 Å². The molecule has 2 unspecified atom stereocenters. The first-order valence-corrected chi connectivity index (χ1v) is 8.92. The Morgan fingerprint density at radius 3 is 1.71 bits per heavy atom. The van der Waals surface area contributed by atoms with E-state index in [-0.39, 0.29) is 12.1 Å². The Labute approximate surface area is 162 Å². The van der Waals surface area contributed by atoms with Crippen molar-refractivity contribution in [3.05, 3.63) is 77.6 Å². The Morgan fingerprint density at radius 2 is 1.25 bits per heavy atom. The van der Waals surface area contributed by atoms with Gasteiger partial charge in [-0.3, -0.25) is 9.98 Å². The Morgan fingerprint density at radius 1 is 0.750 bits per heavy atom. The molecule has 0 spiro atoms. The van der Waals surface area contributed by atoms with E-state index in [0.29, 0.717) is 23.1 Å². The predicted molar refractivity (Wildman–Crippen MR) is 108 cm³/mol. The van der Waals surface area contributed by atoms with Gasteiger partial charge >= 0.3 is 0 Å². The van der Waals surface area contributed by atoms with Crippen LogP contribution in [0.1, 0.15) is 11.4 Å². The highest BCUT2D eigenvalue weighted by molar-refractivity contribution is 6.19. The van der Waals surface area contributed by atoms with E-state index in [1.165, 1.54) is 0 Å². The van der Waals surface area contributed by atoms with Gasteiger partial charge in [-0.15, -0.1) is 0 Å². The average Bonchev–Trinajstić information content (AvgIpc) is 3.36. The minimum atomic E-state index is -0.0889. The van der Waals surface area contributed by atoms with E-state index in [9.17, 15) is 0 Å². The number of methoxy groups -OCH3 is 2. The summed E-state index contributed by atoms with van der Waals surface area (Å²) < 4.78 is 10.5. The third-order valence-electron chi connectivity index (χ3n) is 4.74. The lowest BCUT2D eigenvalue weighted by atomic mass is 10.1. The van der Waals surface area contributed by atoms with Gasteiger partial charge in [0, 0.05) is 12.2 Å². The molecule has 2 aliphatic heterocycles. The number of rotatable bonds is 4. The zero-order valence-electron chi connectivity index (χ0n) is 15.4. The molecular formula is C21H17N5O2. The molecule has 2 atom stereocenters. The monoisotopic (exact) mass is 371 g/mol. The Bertz CT molecular complexity index is 1020. The van der Waals surface area contributed by atoms with Crippen molar-refractivity contribution in [3.63, 3.8) is 0 Å². The van der Waals surface area contributed by atoms with Crippen LogP contribution >= 0.6 is 0 Å². The van der Waals surface area contributed by atoms with Crippen LogP contribution in [0.2, 0.25) is 0 Å². The Hall–Kier alpha value is -3.61. The molecule has 138 valence electrons. The van der Waals surface area contributed by atoms with Gasteiger partial charge < -0.3 is 9.47 Å². The van der Waals surface area contributed by atoms with Crippen molar-refractivity contribution in [2.45, 2.75) is 12.1 Å². The second kappa shape index (κ2) is 6.53. The maximum absolute atomic E-state index is 5.27. The van der Waals surface area contributed by atoms with Crippen LogP contribution in [0.4, 0.5) is 0 Å². The molecule has 0 amide bonds. The zero-order valence-corrected chi connectivity index (χ0v) is 15.4. The highest BCUT2D eigenvalue weighted by atomic mass is 16.5. The molecule has 0 radical (unpaired) electrons. The van der Waals surface area contributed by atoms with Gasteiger partial charge in [-0.05, 0) is 24.3 Å². The molecule has 4 aliphatic rings. The average molecular weight is 371 g/mol. The highest BCUT2D eigenvalue weighted by Gasteiger charge is 2.26. The maximum Gasteiger partial charge on any atom is 0.174 e. The molecule has 1 aromatic heterocycles. The second-order valence-electron chi connectivity index (χ2n) is 6.50. The van der Waals surface area contributed by atoms with Crippen LogP contribution < -0.4 is 0 Å². The van der Waals surface area contributed by atoms with E-state index in [2.05, 4.69) is 20.0 Å². The van der Waals surface area contributed by atoms with E-state index >= 15 is 0 Å². The fraction of sp³-hybridized carbons (Fsp3) is 0.190. The minimum absolute atomic E-state index is 0.0889. The number of ether oxygens (including phenoxy) is 2.